The number of hydrogen-bond acceptors (Lipinski definition) is 4. The minimum absolute atomic E-state index is 0.0777. The lowest BCUT2D eigenvalue weighted by Gasteiger charge is -2.08. The summed E-state index contributed by atoms with van der Waals surface area (Å²) in [5, 5.41) is 6.34. The molecular weight excluding hydrogens is 348 g/mol. The second kappa shape index (κ2) is 6.92. The Bertz CT molecular complexity index is 1170. The second-order valence-corrected chi connectivity index (χ2v) is 7.24. The van der Waals surface area contributed by atoms with E-state index >= 15 is 0 Å². The van der Waals surface area contributed by atoms with E-state index in [1.54, 1.807) is 8.97 Å². The van der Waals surface area contributed by atoms with Crippen LogP contribution in [0.3, 0.4) is 0 Å². The van der Waals surface area contributed by atoms with Crippen LogP contribution in [0.25, 0.3) is 16.0 Å². The molecule has 0 unspecified atom stereocenters. The molecule has 0 N–H and O–H groups in total. The Morgan fingerprint density at radius 2 is 1.88 bits per heavy atom. The van der Waals surface area contributed by atoms with Crippen molar-refractivity contribution in [3.63, 3.8) is 0 Å². The molecule has 0 amide bonds. The number of unbranched alkanes of at least 4 members (excludes halogenated alkanes) is 1. The fourth-order valence-electron chi connectivity index (χ4n) is 3.17. The van der Waals surface area contributed by atoms with Gasteiger partial charge >= 0.3 is 5.69 Å². The van der Waals surface area contributed by atoms with Gasteiger partial charge in [0.25, 0.3) is 5.56 Å². The van der Waals surface area contributed by atoms with Crippen LogP contribution in [0.2, 0.25) is 0 Å². The molecule has 0 aliphatic carbocycles. The normalized spacial score (nSPS) is 11.6. The third kappa shape index (κ3) is 2.78. The highest BCUT2D eigenvalue weighted by Crippen LogP contribution is 2.17. The molecule has 6 nitrogen and oxygen atoms in total. The van der Waals surface area contributed by atoms with E-state index in [4.69, 9.17) is 0 Å². The Hall–Kier alpha value is -2.67. The van der Waals surface area contributed by atoms with Gasteiger partial charge in [-0.2, -0.15) is 0 Å². The molecule has 3 heterocycles. The molecule has 0 aliphatic rings. The van der Waals surface area contributed by atoms with E-state index < -0.39 is 0 Å². The fraction of sp³-hybridized carbons (Fsp3) is 0.316. The van der Waals surface area contributed by atoms with Crippen molar-refractivity contribution >= 4 is 27.3 Å². The number of aryl methyl sites for hydroxylation is 3. The summed E-state index contributed by atoms with van der Waals surface area (Å²) < 4.78 is 5.29. The number of nitrogens with zero attached hydrogens (tertiary/aromatic N) is 4. The molecular formula is C19H20N4O2S. The highest BCUT2D eigenvalue weighted by Gasteiger charge is 2.17. The van der Waals surface area contributed by atoms with Crippen LogP contribution in [0.4, 0.5) is 0 Å². The van der Waals surface area contributed by atoms with Crippen molar-refractivity contribution in [2.75, 3.05) is 0 Å². The van der Waals surface area contributed by atoms with Crippen LogP contribution in [-0.2, 0) is 19.5 Å². The van der Waals surface area contributed by atoms with Crippen molar-refractivity contribution in [1.29, 1.82) is 0 Å². The molecule has 4 aromatic rings. The van der Waals surface area contributed by atoms with Crippen molar-refractivity contribution in [3.05, 3.63) is 68.2 Å². The van der Waals surface area contributed by atoms with Gasteiger partial charge < -0.3 is 0 Å². The second-order valence-electron chi connectivity index (χ2n) is 6.32. The molecule has 134 valence electrons. The number of aromatic nitrogens is 4. The predicted octanol–water partition coefficient (Wildman–Crippen LogP) is 2.92. The lowest BCUT2D eigenvalue weighted by molar-refractivity contribution is 0.552. The molecule has 0 fully saturated rings. The first kappa shape index (κ1) is 16.8. The molecule has 0 atom stereocenters. The number of fused-ring (bicyclic) bond motifs is 3. The lowest BCUT2D eigenvalue weighted by Crippen LogP contribution is -2.26. The van der Waals surface area contributed by atoms with Crippen molar-refractivity contribution < 1.29 is 0 Å². The van der Waals surface area contributed by atoms with Crippen molar-refractivity contribution in [2.24, 2.45) is 0 Å². The van der Waals surface area contributed by atoms with Gasteiger partial charge in [0.05, 0.1) is 5.52 Å². The summed E-state index contributed by atoms with van der Waals surface area (Å²) in [5.74, 6) is 0.429. The van der Waals surface area contributed by atoms with Crippen LogP contribution in [0.15, 0.2) is 51.4 Å². The Balaban J connectivity index is 1.88. The Morgan fingerprint density at radius 1 is 1.08 bits per heavy atom. The van der Waals surface area contributed by atoms with Crippen molar-refractivity contribution in [2.45, 2.75) is 39.3 Å². The average molecular weight is 368 g/mol. The summed E-state index contributed by atoms with van der Waals surface area (Å²) in [7, 11) is 0. The molecule has 0 aliphatic heterocycles. The third-order valence-corrected chi connectivity index (χ3v) is 5.47. The van der Waals surface area contributed by atoms with Gasteiger partial charge in [-0.3, -0.25) is 9.36 Å². The maximum Gasteiger partial charge on any atom is 0.352 e. The van der Waals surface area contributed by atoms with Gasteiger partial charge in [0.2, 0.25) is 5.78 Å². The monoisotopic (exact) mass is 368 g/mol. The van der Waals surface area contributed by atoms with Gasteiger partial charge in [0.1, 0.15) is 4.70 Å². The maximum absolute atomic E-state index is 13.0. The van der Waals surface area contributed by atoms with Crippen LogP contribution in [-0.4, -0.2) is 18.7 Å². The summed E-state index contributed by atoms with van der Waals surface area (Å²) >= 11 is 1.37. The summed E-state index contributed by atoms with van der Waals surface area (Å²) in [5.41, 5.74) is 1.55. The first-order valence-electron chi connectivity index (χ1n) is 8.84. The van der Waals surface area contributed by atoms with Crippen LogP contribution in [0.5, 0.6) is 0 Å². The third-order valence-electron chi connectivity index (χ3n) is 4.58. The number of thiophene rings is 1. The van der Waals surface area contributed by atoms with Crippen LogP contribution < -0.4 is 11.2 Å². The molecule has 4 rings (SSSR count). The van der Waals surface area contributed by atoms with Crippen LogP contribution >= 0.6 is 11.3 Å². The standard InChI is InChI=1S/C19H20N4O2S/c1-2-3-11-22-19(25)23-15-10-13-26-16(15)17(24)21(18(23)20-22)12-9-14-7-5-4-6-8-14/h4-8,10,13H,2-3,9,11-12H2,1H3. The molecule has 7 heteroatoms. The van der Waals surface area contributed by atoms with E-state index in [0.717, 1.165) is 18.4 Å². The van der Waals surface area contributed by atoms with Gasteiger partial charge in [-0.25, -0.2) is 13.9 Å². The fourth-order valence-corrected chi connectivity index (χ4v) is 4.00. The van der Waals surface area contributed by atoms with E-state index in [2.05, 4.69) is 12.0 Å². The first-order chi connectivity index (χ1) is 12.7. The molecule has 1 aromatic carbocycles. The molecule has 0 bridgehead atoms. The van der Waals surface area contributed by atoms with E-state index in [1.165, 1.54) is 16.0 Å². The SMILES string of the molecule is CCCCn1nc2n(CCc3ccccc3)c(=O)c3sccc3n2c1=O. The largest absolute Gasteiger partial charge is 0.352 e. The quantitative estimate of drug-likeness (QED) is 0.526. The zero-order chi connectivity index (χ0) is 18.1. The maximum atomic E-state index is 13.0. The Kier molecular flexibility index (Phi) is 4.46. The smallest absolute Gasteiger partial charge is 0.275 e. The number of benzene rings is 1. The molecule has 26 heavy (non-hydrogen) atoms. The van der Waals surface area contributed by atoms with Gasteiger partial charge in [0.15, 0.2) is 0 Å². The van der Waals surface area contributed by atoms with E-state index in [1.807, 2.05) is 41.8 Å². The summed E-state index contributed by atoms with van der Waals surface area (Å²) in [6.45, 7) is 3.13. The predicted molar refractivity (Wildman–Crippen MR) is 104 cm³/mol. The lowest BCUT2D eigenvalue weighted by atomic mass is 10.1. The molecule has 0 saturated carbocycles. The average Bonchev–Trinajstić information content (AvgIpc) is 3.26. The highest BCUT2D eigenvalue weighted by molar-refractivity contribution is 7.17. The van der Waals surface area contributed by atoms with E-state index in [0.29, 0.717) is 35.5 Å². The van der Waals surface area contributed by atoms with Crippen LogP contribution in [0.1, 0.15) is 25.3 Å². The highest BCUT2D eigenvalue weighted by atomic mass is 32.1. The van der Waals surface area contributed by atoms with E-state index in [-0.39, 0.29) is 11.2 Å². The van der Waals surface area contributed by atoms with Gasteiger partial charge in [-0.1, -0.05) is 43.7 Å². The molecule has 0 radical (unpaired) electrons. The van der Waals surface area contributed by atoms with Gasteiger partial charge in [0, 0.05) is 13.1 Å². The zero-order valence-corrected chi connectivity index (χ0v) is 15.4. The van der Waals surface area contributed by atoms with E-state index in [9.17, 15) is 9.59 Å². The molecule has 3 aromatic heterocycles. The van der Waals surface area contributed by atoms with Gasteiger partial charge in [-0.05, 0) is 29.9 Å². The number of hydrogen-bond donors (Lipinski definition) is 0. The Morgan fingerprint density at radius 3 is 2.65 bits per heavy atom. The topological polar surface area (TPSA) is 61.3 Å². The first-order valence-corrected chi connectivity index (χ1v) is 9.72. The Labute approximate surface area is 153 Å². The minimum Gasteiger partial charge on any atom is -0.275 e. The summed E-state index contributed by atoms with van der Waals surface area (Å²) in [6.07, 6.45) is 2.57. The molecule has 0 spiro atoms. The minimum atomic E-state index is -0.176. The summed E-state index contributed by atoms with van der Waals surface area (Å²) in [6, 6.07) is 11.8. The zero-order valence-electron chi connectivity index (χ0n) is 14.6. The van der Waals surface area contributed by atoms with Crippen molar-refractivity contribution in [1.82, 2.24) is 18.7 Å². The molecule has 0 saturated heterocycles. The van der Waals surface area contributed by atoms with Crippen molar-refractivity contribution in [3.8, 4) is 0 Å². The number of rotatable bonds is 6. The van der Waals surface area contributed by atoms with Gasteiger partial charge in [-0.15, -0.1) is 16.4 Å². The van der Waals surface area contributed by atoms with Crippen LogP contribution in [0, 0.1) is 0 Å². The summed E-state index contributed by atoms with van der Waals surface area (Å²) in [4.78, 5) is 25.8.